The van der Waals surface area contributed by atoms with Crippen LogP contribution in [0, 0.1) is 0 Å². The molecule has 2 aromatic carbocycles. The maximum atomic E-state index is 12.0. The maximum Gasteiger partial charge on any atom is 0.342 e. The zero-order valence-corrected chi connectivity index (χ0v) is 16.6. The number of rotatable bonds is 11. The van der Waals surface area contributed by atoms with Gasteiger partial charge in [0.15, 0.2) is 11.5 Å². The highest BCUT2D eigenvalue weighted by molar-refractivity contribution is 5.93. The third-order valence-electron chi connectivity index (χ3n) is 4.62. The van der Waals surface area contributed by atoms with Gasteiger partial charge in [0.05, 0.1) is 0 Å². The molecular weight excluding hydrogens is 352 g/mol. The highest BCUT2D eigenvalue weighted by atomic mass is 16.5. The predicted molar refractivity (Wildman–Crippen MR) is 112 cm³/mol. The average Bonchev–Trinajstić information content (AvgIpc) is 2.71. The van der Waals surface area contributed by atoms with Crippen LogP contribution in [0.15, 0.2) is 48.5 Å². The summed E-state index contributed by atoms with van der Waals surface area (Å²) in [5, 5.41) is 19.2. The van der Waals surface area contributed by atoms with E-state index in [4.69, 9.17) is 4.74 Å². The zero-order chi connectivity index (χ0) is 20.2. The zero-order valence-electron chi connectivity index (χ0n) is 16.6. The van der Waals surface area contributed by atoms with E-state index in [1.54, 1.807) is 0 Å². The summed E-state index contributed by atoms with van der Waals surface area (Å²) < 4.78 is 5.22. The van der Waals surface area contributed by atoms with Gasteiger partial charge in [0, 0.05) is 0 Å². The van der Waals surface area contributed by atoms with Crippen molar-refractivity contribution >= 4 is 12.0 Å². The third-order valence-corrected chi connectivity index (χ3v) is 4.62. The Morgan fingerprint density at radius 3 is 2.43 bits per heavy atom. The van der Waals surface area contributed by atoms with Crippen LogP contribution >= 0.6 is 0 Å². The largest absolute Gasteiger partial charge is 0.504 e. The van der Waals surface area contributed by atoms with E-state index in [2.05, 4.69) is 19.1 Å². The Morgan fingerprint density at radius 1 is 0.964 bits per heavy atom. The molecule has 2 aromatic rings. The van der Waals surface area contributed by atoms with E-state index < -0.39 is 11.7 Å². The second-order valence-electron chi connectivity index (χ2n) is 6.95. The van der Waals surface area contributed by atoms with Crippen molar-refractivity contribution in [3.63, 3.8) is 0 Å². The first-order valence-electron chi connectivity index (χ1n) is 10.1. The number of allylic oxidation sites excluding steroid dienone is 1. The summed E-state index contributed by atoms with van der Waals surface area (Å²) in [6, 6.07) is 12.0. The molecule has 0 fully saturated rings. The number of hydrogen-bond acceptors (Lipinski definition) is 4. The molecule has 0 radical (unpaired) electrons. The van der Waals surface area contributed by atoms with Crippen LogP contribution < -0.4 is 0 Å². The monoisotopic (exact) mass is 382 g/mol. The molecule has 2 rings (SSSR count). The quantitative estimate of drug-likeness (QED) is 0.275. The number of phenols is 2. The van der Waals surface area contributed by atoms with Crippen LogP contribution in [0.5, 0.6) is 11.5 Å². The van der Waals surface area contributed by atoms with E-state index in [-0.39, 0.29) is 17.9 Å². The van der Waals surface area contributed by atoms with Crippen LogP contribution in [0.1, 0.15) is 73.4 Å². The van der Waals surface area contributed by atoms with Gasteiger partial charge in [-0.2, -0.15) is 0 Å². The molecule has 150 valence electrons. The van der Waals surface area contributed by atoms with E-state index in [0.717, 1.165) is 17.5 Å². The summed E-state index contributed by atoms with van der Waals surface area (Å²) >= 11 is 0. The van der Waals surface area contributed by atoms with Crippen molar-refractivity contribution in [3.05, 3.63) is 65.2 Å². The number of carbonyl (C=O) groups excluding carboxylic acids is 1. The third kappa shape index (κ3) is 7.10. The van der Waals surface area contributed by atoms with Crippen molar-refractivity contribution in [1.82, 2.24) is 0 Å². The van der Waals surface area contributed by atoms with Crippen LogP contribution in [0.25, 0.3) is 6.08 Å². The number of para-hydroxylation sites is 1. The Morgan fingerprint density at radius 2 is 1.68 bits per heavy atom. The first kappa shape index (κ1) is 21.5. The van der Waals surface area contributed by atoms with Crippen LogP contribution in [-0.2, 0) is 11.3 Å². The molecule has 0 unspecified atom stereocenters. The maximum absolute atomic E-state index is 12.0. The lowest BCUT2D eigenvalue weighted by atomic mass is 10.1. The number of unbranched alkanes of at least 4 members (excludes halogenated alkanes) is 6. The fourth-order valence-electron chi connectivity index (χ4n) is 2.91. The Hall–Kier alpha value is -2.75. The lowest BCUT2D eigenvalue weighted by Gasteiger charge is -2.07. The van der Waals surface area contributed by atoms with E-state index >= 15 is 0 Å². The van der Waals surface area contributed by atoms with E-state index in [0.29, 0.717) is 0 Å². The van der Waals surface area contributed by atoms with Gasteiger partial charge in [-0.25, -0.2) is 4.79 Å². The number of aromatic hydroxyl groups is 2. The first-order valence-corrected chi connectivity index (χ1v) is 10.1. The van der Waals surface area contributed by atoms with Crippen LogP contribution in [0.3, 0.4) is 0 Å². The van der Waals surface area contributed by atoms with Crippen molar-refractivity contribution < 1.29 is 19.7 Å². The van der Waals surface area contributed by atoms with E-state index in [1.807, 2.05) is 24.3 Å². The molecule has 0 saturated heterocycles. The topological polar surface area (TPSA) is 66.8 Å². The molecule has 4 nitrogen and oxygen atoms in total. The fraction of sp³-hybridized carbons (Fsp3) is 0.375. The van der Waals surface area contributed by atoms with Crippen molar-refractivity contribution in [2.75, 3.05) is 0 Å². The van der Waals surface area contributed by atoms with Gasteiger partial charge >= 0.3 is 5.97 Å². The van der Waals surface area contributed by atoms with Crippen LogP contribution in [0.2, 0.25) is 0 Å². The van der Waals surface area contributed by atoms with Gasteiger partial charge < -0.3 is 14.9 Å². The number of benzene rings is 2. The fourth-order valence-corrected chi connectivity index (χ4v) is 2.91. The van der Waals surface area contributed by atoms with Crippen LogP contribution in [0.4, 0.5) is 0 Å². The summed E-state index contributed by atoms with van der Waals surface area (Å²) in [6.07, 6.45) is 13.2. The van der Waals surface area contributed by atoms with Gasteiger partial charge in [0.2, 0.25) is 0 Å². The molecule has 0 bridgehead atoms. The number of phenolic OH excluding ortho intramolecular Hbond substituents is 2. The highest BCUT2D eigenvalue weighted by Gasteiger charge is 2.15. The lowest BCUT2D eigenvalue weighted by molar-refractivity contribution is 0.0468. The molecule has 0 aliphatic heterocycles. The Balaban J connectivity index is 1.74. The minimum absolute atomic E-state index is 0.0470. The first-order chi connectivity index (χ1) is 13.6. The van der Waals surface area contributed by atoms with Crippen molar-refractivity contribution in [2.45, 2.75) is 58.5 Å². The Labute approximate surface area is 167 Å². The highest BCUT2D eigenvalue weighted by Crippen LogP contribution is 2.28. The number of hydrogen-bond donors (Lipinski definition) is 2. The van der Waals surface area contributed by atoms with E-state index in [1.165, 1.54) is 56.7 Å². The van der Waals surface area contributed by atoms with Gasteiger partial charge in [-0.05, 0) is 36.1 Å². The molecule has 0 amide bonds. The normalized spacial score (nSPS) is 11.0. The second kappa shape index (κ2) is 11.9. The molecule has 0 aliphatic carbocycles. The van der Waals surface area contributed by atoms with Gasteiger partial charge in [0.25, 0.3) is 0 Å². The molecule has 4 heteroatoms. The molecule has 0 aromatic heterocycles. The van der Waals surface area contributed by atoms with Crippen molar-refractivity contribution in [3.8, 4) is 11.5 Å². The van der Waals surface area contributed by atoms with Gasteiger partial charge in [-0.1, -0.05) is 81.5 Å². The molecule has 0 atom stereocenters. The standard InChI is InChI=1S/C24H30O4/c1-2-3-4-5-6-7-8-9-11-19-14-16-20(17-15-19)18-28-24(27)21-12-10-13-22(25)23(21)26/h9-17,25-26H,2-8,18H2,1H3/b11-9+. The lowest BCUT2D eigenvalue weighted by Crippen LogP contribution is -2.05. The average molecular weight is 383 g/mol. The minimum atomic E-state index is -0.670. The van der Waals surface area contributed by atoms with Gasteiger partial charge in [-0.15, -0.1) is 0 Å². The van der Waals surface area contributed by atoms with E-state index in [9.17, 15) is 15.0 Å². The second-order valence-corrected chi connectivity index (χ2v) is 6.95. The minimum Gasteiger partial charge on any atom is -0.504 e. The van der Waals surface area contributed by atoms with Crippen molar-refractivity contribution in [1.29, 1.82) is 0 Å². The molecule has 0 aliphatic rings. The summed E-state index contributed by atoms with van der Waals surface area (Å²) in [5.41, 5.74) is 1.93. The molecule has 2 N–H and O–H groups in total. The smallest absolute Gasteiger partial charge is 0.342 e. The molecule has 0 heterocycles. The molecule has 0 saturated carbocycles. The molecule has 0 spiro atoms. The summed E-state index contributed by atoms with van der Waals surface area (Å²) in [7, 11) is 0. The summed E-state index contributed by atoms with van der Waals surface area (Å²) in [5.74, 6) is -1.47. The van der Waals surface area contributed by atoms with Crippen molar-refractivity contribution in [2.24, 2.45) is 0 Å². The molecular formula is C24H30O4. The summed E-state index contributed by atoms with van der Waals surface area (Å²) in [4.78, 5) is 12.0. The van der Waals surface area contributed by atoms with Gasteiger partial charge in [-0.3, -0.25) is 0 Å². The van der Waals surface area contributed by atoms with Gasteiger partial charge in [0.1, 0.15) is 12.2 Å². The Kier molecular flexibility index (Phi) is 9.13. The Bertz CT molecular complexity index is 763. The van der Waals surface area contributed by atoms with Crippen LogP contribution in [-0.4, -0.2) is 16.2 Å². The molecule has 28 heavy (non-hydrogen) atoms. The summed E-state index contributed by atoms with van der Waals surface area (Å²) in [6.45, 7) is 2.34. The predicted octanol–water partition coefficient (Wildman–Crippen LogP) is 6.22. The number of ether oxygens (including phenoxy) is 1. The SMILES string of the molecule is CCCCCCCC/C=C/c1ccc(COC(=O)c2cccc(O)c2O)cc1. The number of carbonyl (C=O) groups is 1. The number of esters is 1.